The number of hydrogen-bond donors (Lipinski definition) is 1. The fourth-order valence-electron chi connectivity index (χ4n) is 3.73. The van der Waals surface area contributed by atoms with Crippen molar-refractivity contribution in [2.75, 3.05) is 0 Å². The first-order valence-electron chi connectivity index (χ1n) is 7.89. The SMILES string of the molecule is Cc1onc2c1c(=O)n(CC1CC[C@H](N)C1)c1cccc(Cl)c21. The Hall–Kier alpha value is -1.85. The van der Waals surface area contributed by atoms with Gasteiger partial charge < -0.3 is 14.8 Å². The van der Waals surface area contributed by atoms with Crippen molar-refractivity contribution in [1.29, 1.82) is 0 Å². The van der Waals surface area contributed by atoms with E-state index in [0.717, 1.165) is 30.2 Å². The van der Waals surface area contributed by atoms with Crippen LogP contribution in [0.15, 0.2) is 27.5 Å². The molecular weight excluding hydrogens is 314 g/mol. The highest BCUT2D eigenvalue weighted by molar-refractivity contribution is 6.37. The number of nitrogens with two attached hydrogens (primary N) is 1. The Bertz CT molecular complexity index is 960. The third-order valence-corrected chi connectivity index (χ3v) is 5.18. The van der Waals surface area contributed by atoms with Gasteiger partial charge in [0.1, 0.15) is 16.7 Å². The molecule has 5 nitrogen and oxygen atoms in total. The standard InChI is InChI=1S/C17H18ClN3O2/c1-9-14-16(20-23-9)15-12(18)3-2-4-13(15)21(17(14)22)8-10-5-6-11(19)7-10/h2-4,10-11H,5-8,19H2,1H3/t10?,11-/m0/s1. The number of pyridine rings is 1. The largest absolute Gasteiger partial charge is 0.360 e. The number of benzene rings is 1. The number of aromatic nitrogens is 2. The predicted molar refractivity (Wildman–Crippen MR) is 90.8 cm³/mol. The van der Waals surface area contributed by atoms with Crippen molar-refractivity contribution in [2.24, 2.45) is 11.7 Å². The van der Waals surface area contributed by atoms with E-state index in [9.17, 15) is 4.79 Å². The van der Waals surface area contributed by atoms with Crippen LogP contribution in [0.25, 0.3) is 21.8 Å². The van der Waals surface area contributed by atoms with Crippen LogP contribution in [-0.4, -0.2) is 15.8 Å². The monoisotopic (exact) mass is 331 g/mol. The number of nitrogens with zero attached hydrogens (tertiary/aromatic N) is 2. The van der Waals surface area contributed by atoms with Crippen LogP contribution in [0.1, 0.15) is 25.0 Å². The van der Waals surface area contributed by atoms with Gasteiger partial charge in [-0.25, -0.2) is 0 Å². The average molecular weight is 332 g/mol. The molecule has 2 atom stereocenters. The minimum absolute atomic E-state index is 0.0611. The fourth-order valence-corrected chi connectivity index (χ4v) is 3.99. The maximum Gasteiger partial charge on any atom is 0.264 e. The summed E-state index contributed by atoms with van der Waals surface area (Å²) in [6, 6.07) is 5.83. The van der Waals surface area contributed by atoms with Crippen LogP contribution in [0, 0.1) is 12.8 Å². The average Bonchev–Trinajstić information content (AvgIpc) is 3.10. The first-order chi connectivity index (χ1) is 11.1. The van der Waals surface area contributed by atoms with Crippen molar-refractivity contribution in [1.82, 2.24) is 9.72 Å². The van der Waals surface area contributed by atoms with E-state index in [2.05, 4.69) is 5.16 Å². The van der Waals surface area contributed by atoms with E-state index in [0.29, 0.717) is 34.1 Å². The molecule has 0 radical (unpaired) electrons. The minimum atomic E-state index is -0.0611. The first-order valence-corrected chi connectivity index (χ1v) is 8.26. The summed E-state index contributed by atoms with van der Waals surface area (Å²) in [7, 11) is 0. The Morgan fingerprint density at radius 3 is 2.96 bits per heavy atom. The number of aryl methyl sites for hydroxylation is 1. The molecule has 1 aromatic carbocycles. The molecule has 1 unspecified atom stereocenters. The van der Waals surface area contributed by atoms with E-state index in [-0.39, 0.29) is 11.6 Å². The molecule has 1 saturated carbocycles. The van der Waals surface area contributed by atoms with Gasteiger partial charge in [0.05, 0.1) is 10.5 Å². The second-order valence-corrected chi connectivity index (χ2v) is 6.86. The number of fused-ring (bicyclic) bond motifs is 3. The molecule has 6 heteroatoms. The van der Waals surface area contributed by atoms with E-state index in [4.69, 9.17) is 21.9 Å². The fraction of sp³-hybridized carbons (Fsp3) is 0.412. The summed E-state index contributed by atoms with van der Waals surface area (Å²) in [5.74, 6) is 0.950. The lowest BCUT2D eigenvalue weighted by Crippen LogP contribution is -2.25. The van der Waals surface area contributed by atoms with Gasteiger partial charge >= 0.3 is 0 Å². The summed E-state index contributed by atoms with van der Waals surface area (Å²) in [5, 5.41) is 5.94. The van der Waals surface area contributed by atoms with Crippen LogP contribution < -0.4 is 11.3 Å². The summed E-state index contributed by atoms with van der Waals surface area (Å²) < 4.78 is 7.07. The van der Waals surface area contributed by atoms with Crippen molar-refractivity contribution < 1.29 is 4.52 Å². The highest BCUT2D eigenvalue weighted by Crippen LogP contribution is 2.32. The third kappa shape index (κ3) is 2.26. The Labute approximate surface area is 138 Å². The van der Waals surface area contributed by atoms with Crippen LogP contribution in [0.3, 0.4) is 0 Å². The third-order valence-electron chi connectivity index (χ3n) is 4.86. The summed E-state index contributed by atoms with van der Waals surface area (Å²) in [5.41, 5.74) is 7.31. The molecule has 2 N–H and O–H groups in total. The van der Waals surface area contributed by atoms with Crippen molar-refractivity contribution in [3.8, 4) is 0 Å². The molecule has 120 valence electrons. The van der Waals surface area contributed by atoms with Gasteiger partial charge in [-0.15, -0.1) is 0 Å². The molecule has 4 rings (SSSR count). The Morgan fingerprint density at radius 1 is 1.39 bits per heavy atom. The van der Waals surface area contributed by atoms with Gasteiger partial charge in [0.25, 0.3) is 5.56 Å². The van der Waals surface area contributed by atoms with Crippen LogP contribution in [0.4, 0.5) is 0 Å². The first kappa shape index (κ1) is 14.7. The number of halogens is 1. The van der Waals surface area contributed by atoms with Crippen LogP contribution in [0.5, 0.6) is 0 Å². The zero-order valence-electron chi connectivity index (χ0n) is 12.9. The summed E-state index contributed by atoms with van der Waals surface area (Å²) in [6.07, 6.45) is 3.03. The van der Waals surface area contributed by atoms with Gasteiger partial charge in [0.15, 0.2) is 0 Å². The molecule has 1 fully saturated rings. The maximum atomic E-state index is 13.0. The van der Waals surface area contributed by atoms with Crippen molar-refractivity contribution in [3.05, 3.63) is 39.3 Å². The molecule has 2 heterocycles. The lowest BCUT2D eigenvalue weighted by molar-refractivity contribution is 0.405. The van der Waals surface area contributed by atoms with Gasteiger partial charge in [0, 0.05) is 18.0 Å². The Kier molecular flexibility index (Phi) is 3.43. The van der Waals surface area contributed by atoms with Crippen LogP contribution in [0.2, 0.25) is 5.02 Å². The van der Waals surface area contributed by atoms with Crippen LogP contribution in [-0.2, 0) is 6.54 Å². The molecule has 1 aliphatic carbocycles. The van der Waals surface area contributed by atoms with E-state index < -0.39 is 0 Å². The normalized spacial score (nSPS) is 21.5. The lowest BCUT2D eigenvalue weighted by Gasteiger charge is -2.16. The minimum Gasteiger partial charge on any atom is -0.360 e. The smallest absolute Gasteiger partial charge is 0.264 e. The van der Waals surface area contributed by atoms with Crippen LogP contribution >= 0.6 is 11.6 Å². The second kappa shape index (κ2) is 5.35. The number of hydrogen-bond acceptors (Lipinski definition) is 4. The molecule has 0 saturated heterocycles. The molecule has 23 heavy (non-hydrogen) atoms. The van der Waals surface area contributed by atoms with Gasteiger partial charge in [0.2, 0.25) is 0 Å². The van der Waals surface area contributed by atoms with Crippen molar-refractivity contribution in [3.63, 3.8) is 0 Å². The number of rotatable bonds is 2. The van der Waals surface area contributed by atoms with E-state index in [1.165, 1.54) is 0 Å². The van der Waals surface area contributed by atoms with Gasteiger partial charge in [-0.3, -0.25) is 4.79 Å². The predicted octanol–water partition coefficient (Wildman–Crippen LogP) is 3.23. The van der Waals surface area contributed by atoms with E-state index in [1.807, 2.05) is 22.8 Å². The van der Waals surface area contributed by atoms with E-state index in [1.54, 1.807) is 6.92 Å². The lowest BCUT2D eigenvalue weighted by atomic mass is 10.1. The quantitative estimate of drug-likeness (QED) is 0.782. The molecule has 0 aliphatic heterocycles. The Balaban J connectivity index is 2.00. The molecule has 1 aliphatic rings. The summed E-state index contributed by atoms with van der Waals surface area (Å²) in [4.78, 5) is 13.0. The zero-order valence-corrected chi connectivity index (χ0v) is 13.6. The second-order valence-electron chi connectivity index (χ2n) is 6.45. The highest BCUT2D eigenvalue weighted by Gasteiger charge is 2.25. The van der Waals surface area contributed by atoms with Gasteiger partial charge in [-0.2, -0.15) is 0 Å². The van der Waals surface area contributed by atoms with Crippen molar-refractivity contribution >= 4 is 33.4 Å². The molecule has 0 bridgehead atoms. The molecule has 3 aromatic rings. The molecule has 2 aromatic heterocycles. The molecular formula is C17H18ClN3O2. The van der Waals surface area contributed by atoms with E-state index >= 15 is 0 Å². The van der Waals surface area contributed by atoms with Crippen molar-refractivity contribution in [2.45, 2.75) is 38.8 Å². The Morgan fingerprint density at radius 2 is 2.22 bits per heavy atom. The summed E-state index contributed by atoms with van der Waals surface area (Å²) >= 11 is 6.39. The topological polar surface area (TPSA) is 74.0 Å². The molecule has 0 amide bonds. The van der Waals surface area contributed by atoms with Gasteiger partial charge in [-0.1, -0.05) is 22.8 Å². The molecule has 0 spiro atoms. The highest BCUT2D eigenvalue weighted by atomic mass is 35.5. The summed E-state index contributed by atoms with van der Waals surface area (Å²) in [6.45, 7) is 2.42. The van der Waals surface area contributed by atoms with Gasteiger partial charge in [-0.05, 0) is 44.2 Å². The maximum absolute atomic E-state index is 13.0. The zero-order chi connectivity index (χ0) is 16.1.